The number of aldehydes is 1. The Morgan fingerprint density at radius 3 is 2.75 bits per heavy atom. The summed E-state index contributed by atoms with van der Waals surface area (Å²) in [5.41, 5.74) is 0.755. The molecule has 0 saturated carbocycles. The number of carbonyl (C=O) groups is 1. The zero-order valence-electron chi connectivity index (χ0n) is 11.5. The molecular weight excluding hydrogens is 316 g/mol. The summed E-state index contributed by atoms with van der Waals surface area (Å²) in [6.45, 7) is 4.27. The average molecular weight is 334 g/mol. The number of sulfone groups is 1. The molecule has 1 saturated heterocycles. The molecule has 0 bridgehead atoms. The largest absolute Gasteiger partial charge is 0.329 e. The van der Waals surface area contributed by atoms with Gasteiger partial charge in [-0.15, -0.1) is 0 Å². The molecule has 1 aromatic rings. The smallest absolute Gasteiger partial charge is 0.187 e. The minimum Gasteiger partial charge on any atom is -0.329 e. The van der Waals surface area contributed by atoms with Crippen molar-refractivity contribution in [3.8, 4) is 0 Å². The normalized spacial score (nSPS) is 20.1. The van der Waals surface area contributed by atoms with E-state index in [-0.39, 0.29) is 5.75 Å². The number of hydrogen-bond donors (Lipinski definition) is 0. The van der Waals surface area contributed by atoms with Gasteiger partial charge < -0.3 is 4.90 Å². The maximum absolute atomic E-state index is 12.2. The first kappa shape index (κ1) is 15.8. The molecule has 0 radical (unpaired) electrons. The lowest BCUT2D eigenvalue weighted by molar-refractivity contribution is 0.112. The second-order valence-electron chi connectivity index (χ2n) is 4.45. The monoisotopic (exact) mass is 334 g/mol. The van der Waals surface area contributed by atoms with E-state index in [1.54, 1.807) is 18.7 Å². The fourth-order valence-corrected chi connectivity index (χ4v) is 6.19. The lowest BCUT2D eigenvalue weighted by Gasteiger charge is -2.34. The lowest BCUT2D eigenvalue weighted by Crippen LogP contribution is -2.48. The maximum Gasteiger partial charge on any atom is 0.187 e. The summed E-state index contributed by atoms with van der Waals surface area (Å²) in [7, 11) is -3.15. The first-order valence-corrected chi connectivity index (χ1v) is 10.2. The average Bonchev–Trinajstić information content (AvgIpc) is 2.90. The van der Waals surface area contributed by atoms with Gasteiger partial charge in [0.1, 0.15) is 5.37 Å². The molecule has 0 aliphatic carbocycles. The molecule has 20 heavy (non-hydrogen) atoms. The van der Waals surface area contributed by atoms with Crippen molar-refractivity contribution in [1.29, 1.82) is 0 Å². The van der Waals surface area contributed by atoms with Gasteiger partial charge in [-0.3, -0.25) is 4.79 Å². The van der Waals surface area contributed by atoms with E-state index >= 15 is 0 Å². The van der Waals surface area contributed by atoms with Gasteiger partial charge >= 0.3 is 0 Å². The number of thioether (sulfide) groups is 1. The van der Waals surface area contributed by atoms with Crippen molar-refractivity contribution < 1.29 is 13.2 Å². The highest BCUT2D eigenvalue weighted by Gasteiger charge is 2.34. The molecule has 0 N–H and O–H groups in total. The number of rotatable bonds is 5. The van der Waals surface area contributed by atoms with Gasteiger partial charge in [0.25, 0.3) is 0 Å². The SMILES string of the molecule is CCc1nc(N2CCSCC2S(=O)(=O)CC)sc1C=O. The Bertz CT molecular complexity index is 583. The second-order valence-corrected chi connectivity index (χ2v) is 9.06. The van der Waals surface area contributed by atoms with Gasteiger partial charge in [-0.2, -0.15) is 11.8 Å². The van der Waals surface area contributed by atoms with Gasteiger partial charge in [-0.25, -0.2) is 13.4 Å². The van der Waals surface area contributed by atoms with E-state index < -0.39 is 15.2 Å². The summed E-state index contributed by atoms with van der Waals surface area (Å²) in [6, 6.07) is 0. The Balaban J connectivity index is 2.37. The third-order valence-corrected chi connectivity index (χ3v) is 7.65. The summed E-state index contributed by atoms with van der Waals surface area (Å²) in [6.07, 6.45) is 1.49. The van der Waals surface area contributed by atoms with Crippen molar-refractivity contribution >= 4 is 44.4 Å². The first-order chi connectivity index (χ1) is 9.53. The Morgan fingerprint density at radius 1 is 1.45 bits per heavy atom. The molecule has 1 aliphatic rings. The van der Waals surface area contributed by atoms with Gasteiger partial charge in [-0.1, -0.05) is 25.2 Å². The number of thiazole rings is 1. The Labute approximate surface area is 127 Å². The molecule has 5 nitrogen and oxygen atoms in total. The van der Waals surface area contributed by atoms with Crippen LogP contribution in [0.5, 0.6) is 0 Å². The van der Waals surface area contributed by atoms with Crippen LogP contribution in [0.2, 0.25) is 0 Å². The predicted molar refractivity (Wildman–Crippen MR) is 84.8 cm³/mol. The van der Waals surface area contributed by atoms with Crippen molar-refractivity contribution in [2.45, 2.75) is 25.6 Å². The lowest BCUT2D eigenvalue weighted by atomic mass is 10.3. The van der Waals surface area contributed by atoms with Crippen LogP contribution in [0.4, 0.5) is 5.13 Å². The molecule has 2 rings (SSSR count). The standard InChI is InChI=1S/C12H18N2O3S3/c1-3-9-10(7-15)19-12(13-9)14-5-6-18-8-11(14)20(16,17)4-2/h7,11H,3-6,8H2,1-2H3. The van der Waals surface area contributed by atoms with E-state index in [2.05, 4.69) is 4.98 Å². The van der Waals surface area contributed by atoms with Gasteiger partial charge in [0.05, 0.1) is 10.6 Å². The quantitative estimate of drug-likeness (QED) is 0.765. The zero-order valence-corrected chi connectivity index (χ0v) is 14.0. The number of aromatic nitrogens is 1. The molecule has 1 atom stereocenters. The molecule has 1 fully saturated rings. The van der Waals surface area contributed by atoms with Crippen LogP contribution < -0.4 is 4.90 Å². The van der Waals surface area contributed by atoms with E-state index in [1.165, 1.54) is 11.3 Å². The van der Waals surface area contributed by atoms with Crippen LogP contribution in [-0.2, 0) is 16.3 Å². The van der Waals surface area contributed by atoms with E-state index in [0.717, 1.165) is 17.7 Å². The molecular formula is C12H18N2O3S3. The highest BCUT2D eigenvalue weighted by atomic mass is 32.2. The Hall–Kier alpha value is -0.600. The second kappa shape index (κ2) is 6.44. The van der Waals surface area contributed by atoms with Gasteiger partial charge in [0.2, 0.25) is 0 Å². The highest BCUT2D eigenvalue weighted by Crippen LogP contribution is 2.32. The Kier molecular flexibility index (Phi) is 5.09. The molecule has 0 aromatic carbocycles. The van der Waals surface area contributed by atoms with Crippen molar-refractivity contribution in [1.82, 2.24) is 4.98 Å². The molecule has 1 aliphatic heterocycles. The summed E-state index contributed by atoms with van der Waals surface area (Å²) < 4.78 is 24.4. The first-order valence-electron chi connectivity index (χ1n) is 6.54. The minimum atomic E-state index is -3.15. The Morgan fingerprint density at radius 2 is 2.20 bits per heavy atom. The fraction of sp³-hybridized carbons (Fsp3) is 0.667. The van der Waals surface area contributed by atoms with Crippen molar-refractivity contribution in [3.63, 3.8) is 0 Å². The summed E-state index contributed by atoms with van der Waals surface area (Å²) in [4.78, 5) is 18.0. The molecule has 8 heteroatoms. The van der Waals surface area contributed by atoms with Gasteiger partial charge in [0.15, 0.2) is 21.3 Å². The number of aryl methyl sites for hydroxylation is 1. The van der Waals surface area contributed by atoms with Crippen LogP contribution in [-0.4, -0.2) is 48.9 Å². The predicted octanol–water partition coefficient (Wildman–Crippen LogP) is 1.83. The molecule has 112 valence electrons. The van der Waals surface area contributed by atoms with Gasteiger partial charge in [-0.05, 0) is 6.42 Å². The van der Waals surface area contributed by atoms with Crippen LogP contribution in [0.1, 0.15) is 29.2 Å². The van der Waals surface area contributed by atoms with E-state index in [4.69, 9.17) is 0 Å². The number of anilines is 1. The number of nitrogens with zero attached hydrogens (tertiary/aromatic N) is 2. The number of carbonyl (C=O) groups excluding carboxylic acids is 1. The van der Waals surface area contributed by atoms with E-state index in [0.29, 0.717) is 28.7 Å². The van der Waals surface area contributed by atoms with Gasteiger partial charge in [0, 0.05) is 23.8 Å². The summed E-state index contributed by atoms with van der Waals surface area (Å²) in [5, 5.41) is 0.132. The highest BCUT2D eigenvalue weighted by molar-refractivity contribution is 8.01. The van der Waals surface area contributed by atoms with Crippen LogP contribution in [0.25, 0.3) is 0 Å². The zero-order chi connectivity index (χ0) is 14.8. The van der Waals surface area contributed by atoms with Crippen molar-refractivity contribution in [2.24, 2.45) is 0 Å². The van der Waals surface area contributed by atoms with Crippen LogP contribution >= 0.6 is 23.1 Å². The minimum absolute atomic E-state index is 0.126. The summed E-state index contributed by atoms with van der Waals surface area (Å²) >= 11 is 2.95. The molecule has 1 unspecified atom stereocenters. The third kappa shape index (κ3) is 3.01. The number of hydrogen-bond acceptors (Lipinski definition) is 7. The molecule has 2 heterocycles. The van der Waals surface area contributed by atoms with Crippen LogP contribution in [0.3, 0.4) is 0 Å². The van der Waals surface area contributed by atoms with Crippen LogP contribution in [0.15, 0.2) is 0 Å². The molecule has 0 spiro atoms. The van der Waals surface area contributed by atoms with Crippen molar-refractivity contribution in [3.05, 3.63) is 10.6 Å². The molecule has 1 aromatic heterocycles. The van der Waals surface area contributed by atoms with Crippen molar-refractivity contribution in [2.75, 3.05) is 28.7 Å². The fourth-order valence-electron chi connectivity index (χ4n) is 2.11. The van der Waals surface area contributed by atoms with Crippen LogP contribution in [0, 0.1) is 0 Å². The van der Waals surface area contributed by atoms with E-state index in [9.17, 15) is 13.2 Å². The third-order valence-electron chi connectivity index (χ3n) is 3.31. The topological polar surface area (TPSA) is 67.3 Å². The molecule has 0 amide bonds. The summed E-state index contributed by atoms with van der Waals surface area (Å²) in [5.74, 6) is 1.57. The maximum atomic E-state index is 12.2. The van der Waals surface area contributed by atoms with E-state index in [1.807, 2.05) is 11.8 Å².